The fraction of sp³-hybridized carbons (Fsp3) is 0.875. The molecule has 5 nitrogen and oxygen atoms in total. The van der Waals surface area contributed by atoms with Gasteiger partial charge < -0.3 is 15.3 Å². The van der Waals surface area contributed by atoms with Gasteiger partial charge in [-0.05, 0) is 24.2 Å². The maximum Gasteiger partial charge on any atom is 0.303 e. The number of rotatable bonds is 6. The number of hydrogen-bond acceptors (Lipinski definition) is 3. The summed E-state index contributed by atoms with van der Waals surface area (Å²) in [6, 6.07) is 0.271. The van der Waals surface area contributed by atoms with Crippen LogP contribution in [0.4, 0.5) is 0 Å². The van der Waals surface area contributed by atoms with Crippen LogP contribution in [-0.4, -0.2) is 47.6 Å². The first-order chi connectivity index (χ1) is 9.71. The summed E-state index contributed by atoms with van der Waals surface area (Å²) in [7, 11) is 0. The Bertz CT molecular complexity index is 363. The van der Waals surface area contributed by atoms with Crippen LogP contribution in [0.5, 0.6) is 0 Å². The molecule has 21 heavy (non-hydrogen) atoms. The van der Waals surface area contributed by atoms with E-state index in [4.69, 9.17) is 5.11 Å². The number of carboxylic acid groups (broad SMARTS) is 1. The first kappa shape index (κ1) is 18.0. The Balaban J connectivity index is 2.61. The van der Waals surface area contributed by atoms with Crippen molar-refractivity contribution in [3.8, 4) is 0 Å². The van der Waals surface area contributed by atoms with Crippen molar-refractivity contribution in [2.45, 2.75) is 59.4 Å². The normalized spacial score (nSPS) is 23.1. The summed E-state index contributed by atoms with van der Waals surface area (Å²) in [4.78, 5) is 24.6. The molecule has 0 radical (unpaired) electrons. The van der Waals surface area contributed by atoms with E-state index in [1.54, 1.807) is 0 Å². The zero-order chi connectivity index (χ0) is 16.0. The average Bonchev–Trinajstić information content (AvgIpc) is 2.41. The Kier molecular flexibility index (Phi) is 6.65. The molecule has 1 amide bonds. The quantitative estimate of drug-likeness (QED) is 0.788. The summed E-state index contributed by atoms with van der Waals surface area (Å²) in [5.41, 5.74) is 0.202. The van der Waals surface area contributed by atoms with Gasteiger partial charge in [-0.3, -0.25) is 9.59 Å². The van der Waals surface area contributed by atoms with Gasteiger partial charge >= 0.3 is 5.97 Å². The highest BCUT2D eigenvalue weighted by molar-refractivity contribution is 5.76. The lowest BCUT2D eigenvalue weighted by Gasteiger charge is -2.39. The van der Waals surface area contributed by atoms with Crippen LogP contribution in [-0.2, 0) is 9.59 Å². The number of aliphatic carboxylic acids is 1. The summed E-state index contributed by atoms with van der Waals surface area (Å²) in [5.74, 6) is -0.312. The molecule has 0 aliphatic carbocycles. The van der Waals surface area contributed by atoms with Crippen LogP contribution < -0.4 is 5.32 Å². The number of piperidine rings is 1. The lowest BCUT2D eigenvalue weighted by Crippen LogP contribution is -2.52. The number of nitrogens with one attached hydrogen (secondary N) is 1. The number of likely N-dealkylation sites (tertiary alicyclic amines) is 1. The molecule has 1 aliphatic rings. The predicted octanol–water partition coefficient (Wildman–Crippen LogP) is 2.11. The lowest BCUT2D eigenvalue weighted by atomic mass is 9.89. The van der Waals surface area contributed by atoms with Crippen molar-refractivity contribution in [1.82, 2.24) is 10.2 Å². The van der Waals surface area contributed by atoms with E-state index in [2.05, 4.69) is 26.1 Å². The van der Waals surface area contributed by atoms with Crippen LogP contribution in [0.25, 0.3) is 0 Å². The zero-order valence-corrected chi connectivity index (χ0v) is 13.8. The van der Waals surface area contributed by atoms with Crippen LogP contribution in [0.15, 0.2) is 0 Å². The molecule has 5 heteroatoms. The molecule has 1 aliphatic heterocycles. The molecule has 2 atom stereocenters. The third kappa shape index (κ3) is 6.93. The third-order valence-electron chi connectivity index (χ3n) is 3.88. The van der Waals surface area contributed by atoms with Gasteiger partial charge in [0.2, 0.25) is 5.91 Å². The number of carbonyl (C=O) groups excluding carboxylic acids is 1. The van der Waals surface area contributed by atoms with Gasteiger partial charge in [0.05, 0.1) is 0 Å². The zero-order valence-electron chi connectivity index (χ0n) is 13.8. The molecule has 0 aromatic rings. The minimum absolute atomic E-state index is 0.164. The summed E-state index contributed by atoms with van der Waals surface area (Å²) in [5, 5.41) is 12.4. The first-order valence-corrected chi connectivity index (χ1v) is 7.94. The van der Waals surface area contributed by atoms with Gasteiger partial charge in [-0.2, -0.15) is 0 Å². The molecule has 1 fully saturated rings. The standard InChI is InChI=1S/C16H30N2O3/c1-5-14(19)18-9-12(6-7-15(20)21)8-13(10-18)17-11-16(2,3)4/h12-13,17H,5-11H2,1-4H3,(H,20,21). The molecular weight excluding hydrogens is 268 g/mol. The van der Waals surface area contributed by atoms with Gasteiger partial charge in [0.1, 0.15) is 0 Å². The molecule has 1 heterocycles. The van der Waals surface area contributed by atoms with Crippen LogP contribution in [0.2, 0.25) is 0 Å². The largest absolute Gasteiger partial charge is 0.481 e. The molecule has 1 saturated heterocycles. The minimum Gasteiger partial charge on any atom is -0.481 e. The second-order valence-electron chi connectivity index (χ2n) is 7.32. The van der Waals surface area contributed by atoms with Crippen molar-refractivity contribution in [2.75, 3.05) is 19.6 Å². The number of carboxylic acids is 1. The topological polar surface area (TPSA) is 69.6 Å². The molecule has 2 unspecified atom stereocenters. The lowest BCUT2D eigenvalue weighted by molar-refractivity contribution is -0.137. The molecule has 0 aromatic heterocycles. The molecule has 0 aromatic carbocycles. The highest BCUT2D eigenvalue weighted by Gasteiger charge is 2.30. The number of carbonyl (C=O) groups is 2. The maximum atomic E-state index is 12.0. The molecule has 0 spiro atoms. The van der Waals surface area contributed by atoms with E-state index in [1.807, 2.05) is 11.8 Å². The van der Waals surface area contributed by atoms with Crippen molar-refractivity contribution >= 4 is 11.9 Å². The monoisotopic (exact) mass is 298 g/mol. The van der Waals surface area contributed by atoms with E-state index in [-0.39, 0.29) is 29.7 Å². The Morgan fingerprint density at radius 2 is 1.95 bits per heavy atom. The van der Waals surface area contributed by atoms with E-state index in [1.165, 1.54) is 0 Å². The third-order valence-corrected chi connectivity index (χ3v) is 3.88. The highest BCUT2D eigenvalue weighted by atomic mass is 16.4. The summed E-state index contributed by atoms with van der Waals surface area (Å²) in [6.07, 6.45) is 2.30. The Labute approximate surface area is 128 Å². The van der Waals surface area contributed by atoms with Crippen molar-refractivity contribution in [2.24, 2.45) is 11.3 Å². The second-order valence-corrected chi connectivity index (χ2v) is 7.32. The minimum atomic E-state index is -0.756. The fourth-order valence-corrected chi connectivity index (χ4v) is 2.77. The van der Waals surface area contributed by atoms with E-state index < -0.39 is 5.97 Å². The number of nitrogens with zero attached hydrogens (tertiary/aromatic N) is 1. The van der Waals surface area contributed by atoms with E-state index in [0.717, 1.165) is 19.5 Å². The van der Waals surface area contributed by atoms with Crippen molar-refractivity contribution < 1.29 is 14.7 Å². The fourth-order valence-electron chi connectivity index (χ4n) is 2.77. The molecule has 0 saturated carbocycles. The van der Waals surface area contributed by atoms with Crippen molar-refractivity contribution in [3.05, 3.63) is 0 Å². The smallest absolute Gasteiger partial charge is 0.303 e. The summed E-state index contributed by atoms with van der Waals surface area (Å²) >= 11 is 0. The van der Waals surface area contributed by atoms with E-state index >= 15 is 0 Å². The summed E-state index contributed by atoms with van der Waals surface area (Å²) in [6.45, 7) is 10.8. The molecule has 122 valence electrons. The number of hydrogen-bond donors (Lipinski definition) is 2. The van der Waals surface area contributed by atoms with Crippen LogP contribution in [0.1, 0.15) is 53.4 Å². The number of amides is 1. The van der Waals surface area contributed by atoms with Gasteiger partial charge in [-0.1, -0.05) is 27.7 Å². The van der Waals surface area contributed by atoms with Crippen LogP contribution in [0.3, 0.4) is 0 Å². The molecule has 2 N–H and O–H groups in total. The maximum absolute atomic E-state index is 12.0. The Morgan fingerprint density at radius 1 is 1.29 bits per heavy atom. The van der Waals surface area contributed by atoms with Crippen LogP contribution >= 0.6 is 0 Å². The SMILES string of the molecule is CCC(=O)N1CC(CCC(=O)O)CC(NCC(C)(C)C)C1. The van der Waals surface area contributed by atoms with E-state index in [9.17, 15) is 9.59 Å². The van der Waals surface area contributed by atoms with Gasteiger partial charge in [0.15, 0.2) is 0 Å². The Hall–Kier alpha value is -1.10. The second kappa shape index (κ2) is 7.78. The molecule has 1 rings (SSSR count). The Morgan fingerprint density at radius 3 is 2.48 bits per heavy atom. The average molecular weight is 298 g/mol. The molecular formula is C16H30N2O3. The van der Waals surface area contributed by atoms with Gasteiger partial charge in [-0.15, -0.1) is 0 Å². The van der Waals surface area contributed by atoms with Gasteiger partial charge in [0.25, 0.3) is 0 Å². The van der Waals surface area contributed by atoms with Gasteiger partial charge in [0, 0.05) is 38.5 Å². The first-order valence-electron chi connectivity index (χ1n) is 7.94. The summed E-state index contributed by atoms with van der Waals surface area (Å²) < 4.78 is 0. The van der Waals surface area contributed by atoms with E-state index in [0.29, 0.717) is 19.4 Å². The molecule has 0 bridgehead atoms. The highest BCUT2D eigenvalue weighted by Crippen LogP contribution is 2.23. The van der Waals surface area contributed by atoms with Crippen molar-refractivity contribution in [3.63, 3.8) is 0 Å². The van der Waals surface area contributed by atoms with Crippen molar-refractivity contribution in [1.29, 1.82) is 0 Å². The van der Waals surface area contributed by atoms with Crippen LogP contribution in [0, 0.1) is 11.3 Å². The van der Waals surface area contributed by atoms with Gasteiger partial charge in [-0.25, -0.2) is 0 Å². The predicted molar refractivity (Wildman–Crippen MR) is 83.1 cm³/mol.